The van der Waals surface area contributed by atoms with Crippen molar-refractivity contribution in [2.45, 2.75) is 59.7 Å². The lowest BCUT2D eigenvalue weighted by atomic mass is 10.2. The molecule has 0 saturated heterocycles. The molecule has 3 heteroatoms. The molecule has 2 aromatic heterocycles. The predicted molar refractivity (Wildman–Crippen MR) is 86.5 cm³/mol. The number of aryl methyl sites for hydroxylation is 3. The largest absolute Gasteiger partial charge is 0.349 e. The average Bonchev–Trinajstić information content (AvgIpc) is 3.04. The summed E-state index contributed by atoms with van der Waals surface area (Å²) >= 11 is 2.01. The van der Waals surface area contributed by atoms with Crippen LogP contribution in [0.4, 0.5) is 0 Å². The molecule has 0 amide bonds. The maximum Gasteiger partial charge on any atom is 0.0303 e. The highest BCUT2D eigenvalue weighted by Gasteiger charge is 2.14. The summed E-state index contributed by atoms with van der Waals surface area (Å²) in [5.41, 5.74) is 5.83. The van der Waals surface area contributed by atoms with Gasteiger partial charge in [-0.25, -0.2) is 0 Å². The molecule has 0 aromatic carbocycles. The SMILES string of the molecule is CCn1c(C)cc(CNCc2cc3c(s2)CCC3)c1C. The molecule has 0 saturated carbocycles. The monoisotopic (exact) mass is 288 g/mol. The number of thiophene rings is 1. The molecule has 20 heavy (non-hydrogen) atoms. The quantitative estimate of drug-likeness (QED) is 0.881. The highest BCUT2D eigenvalue weighted by molar-refractivity contribution is 7.12. The summed E-state index contributed by atoms with van der Waals surface area (Å²) in [4.78, 5) is 3.13. The molecule has 0 unspecified atom stereocenters. The van der Waals surface area contributed by atoms with Gasteiger partial charge in [-0.15, -0.1) is 11.3 Å². The third kappa shape index (κ3) is 2.57. The zero-order chi connectivity index (χ0) is 14.1. The van der Waals surface area contributed by atoms with Crippen LogP contribution in [-0.4, -0.2) is 4.57 Å². The summed E-state index contributed by atoms with van der Waals surface area (Å²) in [5, 5.41) is 3.61. The predicted octanol–water partition coefficient (Wildman–Crippen LogP) is 3.96. The number of fused-ring (bicyclic) bond motifs is 1. The van der Waals surface area contributed by atoms with Gasteiger partial charge in [-0.3, -0.25) is 0 Å². The van der Waals surface area contributed by atoms with Crippen LogP contribution < -0.4 is 5.32 Å². The Morgan fingerprint density at radius 2 is 2.05 bits per heavy atom. The van der Waals surface area contributed by atoms with Crippen LogP contribution in [0.2, 0.25) is 0 Å². The molecule has 2 aromatic rings. The molecule has 0 radical (unpaired) electrons. The van der Waals surface area contributed by atoms with Gasteiger partial charge in [-0.05, 0) is 63.3 Å². The molecule has 0 bridgehead atoms. The van der Waals surface area contributed by atoms with E-state index in [1.165, 1.54) is 41.1 Å². The number of nitrogens with zero attached hydrogens (tertiary/aromatic N) is 1. The van der Waals surface area contributed by atoms with Gasteiger partial charge in [0.05, 0.1) is 0 Å². The summed E-state index contributed by atoms with van der Waals surface area (Å²) in [7, 11) is 0. The van der Waals surface area contributed by atoms with Crippen LogP contribution >= 0.6 is 11.3 Å². The van der Waals surface area contributed by atoms with Crippen LogP contribution in [0.5, 0.6) is 0 Å². The van der Waals surface area contributed by atoms with E-state index in [4.69, 9.17) is 0 Å². The second kappa shape index (κ2) is 5.74. The van der Waals surface area contributed by atoms with Crippen molar-refractivity contribution in [2.75, 3.05) is 0 Å². The van der Waals surface area contributed by atoms with Crippen molar-refractivity contribution in [3.8, 4) is 0 Å². The maximum absolute atomic E-state index is 3.61. The van der Waals surface area contributed by atoms with Crippen molar-refractivity contribution in [1.29, 1.82) is 0 Å². The first kappa shape index (κ1) is 13.9. The minimum Gasteiger partial charge on any atom is -0.349 e. The number of aromatic nitrogens is 1. The van der Waals surface area contributed by atoms with Gasteiger partial charge in [0, 0.05) is 40.8 Å². The Kier molecular flexibility index (Phi) is 3.99. The van der Waals surface area contributed by atoms with Gasteiger partial charge in [-0.2, -0.15) is 0 Å². The smallest absolute Gasteiger partial charge is 0.0303 e. The van der Waals surface area contributed by atoms with E-state index in [1.807, 2.05) is 11.3 Å². The summed E-state index contributed by atoms with van der Waals surface area (Å²) in [6, 6.07) is 4.73. The van der Waals surface area contributed by atoms with E-state index in [9.17, 15) is 0 Å². The molecule has 1 aliphatic rings. The van der Waals surface area contributed by atoms with E-state index in [0.29, 0.717) is 0 Å². The molecule has 2 nitrogen and oxygen atoms in total. The minimum absolute atomic E-state index is 0.974. The zero-order valence-corrected chi connectivity index (χ0v) is 13.6. The van der Waals surface area contributed by atoms with Crippen LogP contribution in [0.3, 0.4) is 0 Å². The third-order valence-electron chi connectivity index (χ3n) is 4.41. The Hall–Kier alpha value is -1.06. The number of hydrogen-bond acceptors (Lipinski definition) is 2. The second-order valence-electron chi connectivity index (χ2n) is 5.76. The lowest BCUT2D eigenvalue weighted by molar-refractivity contribution is 0.680. The van der Waals surface area contributed by atoms with Crippen molar-refractivity contribution >= 4 is 11.3 Å². The second-order valence-corrected chi connectivity index (χ2v) is 6.98. The third-order valence-corrected chi connectivity index (χ3v) is 5.64. The fourth-order valence-corrected chi connectivity index (χ4v) is 4.57. The van der Waals surface area contributed by atoms with Crippen molar-refractivity contribution in [3.05, 3.63) is 44.4 Å². The fourth-order valence-electron chi connectivity index (χ4n) is 3.34. The molecule has 1 N–H and O–H groups in total. The minimum atomic E-state index is 0.974. The van der Waals surface area contributed by atoms with Crippen molar-refractivity contribution in [2.24, 2.45) is 0 Å². The van der Waals surface area contributed by atoms with E-state index in [1.54, 1.807) is 10.4 Å². The zero-order valence-electron chi connectivity index (χ0n) is 12.8. The summed E-state index contributed by atoms with van der Waals surface area (Å²) < 4.78 is 2.39. The molecule has 3 rings (SSSR count). The molecule has 0 spiro atoms. The van der Waals surface area contributed by atoms with Crippen molar-refractivity contribution < 1.29 is 0 Å². The maximum atomic E-state index is 3.61. The van der Waals surface area contributed by atoms with Gasteiger partial charge in [0.2, 0.25) is 0 Å². The Balaban J connectivity index is 1.59. The van der Waals surface area contributed by atoms with Crippen LogP contribution in [0.15, 0.2) is 12.1 Å². The van der Waals surface area contributed by atoms with Crippen LogP contribution in [-0.2, 0) is 32.5 Å². The van der Waals surface area contributed by atoms with E-state index < -0.39 is 0 Å². The first-order valence-electron chi connectivity index (χ1n) is 7.65. The lowest BCUT2D eigenvalue weighted by Crippen LogP contribution is -2.12. The molecular formula is C17H24N2S. The summed E-state index contributed by atoms with van der Waals surface area (Å²) in [6.07, 6.45) is 3.96. The van der Waals surface area contributed by atoms with E-state index in [-0.39, 0.29) is 0 Å². The van der Waals surface area contributed by atoms with Gasteiger partial charge < -0.3 is 9.88 Å². The van der Waals surface area contributed by atoms with Crippen LogP contribution in [0.25, 0.3) is 0 Å². The van der Waals surface area contributed by atoms with Gasteiger partial charge in [0.25, 0.3) is 0 Å². The van der Waals surface area contributed by atoms with Crippen molar-refractivity contribution in [1.82, 2.24) is 9.88 Å². The highest BCUT2D eigenvalue weighted by atomic mass is 32.1. The molecule has 108 valence electrons. The van der Waals surface area contributed by atoms with Crippen LogP contribution in [0.1, 0.15) is 45.6 Å². The topological polar surface area (TPSA) is 17.0 Å². The Morgan fingerprint density at radius 1 is 1.20 bits per heavy atom. The van der Waals surface area contributed by atoms with E-state index in [2.05, 4.69) is 42.8 Å². The molecule has 2 heterocycles. The molecule has 0 aliphatic heterocycles. The summed E-state index contributed by atoms with van der Waals surface area (Å²) in [5.74, 6) is 0. The lowest BCUT2D eigenvalue weighted by Gasteiger charge is -2.06. The van der Waals surface area contributed by atoms with E-state index in [0.717, 1.165) is 19.6 Å². The van der Waals surface area contributed by atoms with E-state index >= 15 is 0 Å². The Labute approximate surface area is 125 Å². The summed E-state index contributed by atoms with van der Waals surface area (Å²) in [6.45, 7) is 9.69. The highest BCUT2D eigenvalue weighted by Crippen LogP contribution is 2.30. The molecular weight excluding hydrogens is 264 g/mol. The van der Waals surface area contributed by atoms with Gasteiger partial charge in [0.15, 0.2) is 0 Å². The standard InChI is InChI=1S/C17H24N2S/c1-4-19-12(2)8-15(13(19)3)10-18-11-16-9-14-6-5-7-17(14)20-16/h8-9,18H,4-7,10-11H2,1-3H3. The van der Waals surface area contributed by atoms with Gasteiger partial charge in [-0.1, -0.05) is 0 Å². The van der Waals surface area contributed by atoms with Crippen LogP contribution in [0, 0.1) is 13.8 Å². The Bertz CT molecular complexity index is 585. The van der Waals surface area contributed by atoms with Crippen molar-refractivity contribution in [3.63, 3.8) is 0 Å². The number of nitrogens with one attached hydrogen (secondary N) is 1. The van der Waals surface area contributed by atoms with Gasteiger partial charge in [0.1, 0.15) is 0 Å². The number of rotatable bonds is 5. The molecule has 0 fully saturated rings. The Morgan fingerprint density at radius 3 is 2.75 bits per heavy atom. The van der Waals surface area contributed by atoms with Gasteiger partial charge >= 0.3 is 0 Å². The average molecular weight is 288 g/mol. The number of hydrogen-bond donors (Lipinski definition) is 1. The normalized spacial score (nSPS) is 13.9. The first-order valence-corrected chi connectivity index (χ1v) is 8.47. The fraction of sp³-hybridized carbons (Fsp3) is 0.529. The molecule has 1 aliphatic carbocycles. The first-order chi connectivity index (χ1) is 9.69. The molecule has 0 atom stereocenters.